The van der Waals surface area contributed by atoms with Crippen molar-refractivity contribution in [2.75, 3.05) is 14.1 Å². The second-order valence-corrected chi connectivity index (χ2v) is 6.34. The lowest BCUT2D eigenvalue weighted by Gasteiger charge is -2.49. The monoisotopic (exact) mass is 282 g/mol. The molecule has 0 bridgehead atoms. The van der Waals surface area contributed by atoms with E-state index in [-0.39, 0.29) is 11.1 Å². The Morgan fingerprint density at radius 1 is 1.35 bits per heavy atom. The van der Waals surface area contributed by atoms with Crippen LogP contribution in [0.25, 0.3) is 0 Å². The molecule has 0 aromatic heterocycles. The molecule has 1 saturated carbocycles. The van der Waals surface area contributed by atoms with E-state index in [1.807, 2.05) is 14.1 Å². The number of nitrogens with zero attached hydrogens (tertiary/aromatic N) is 1. The summed E-state index contributed by atoms with van der Waals surface area (Å²) in [6.07, 6.45) is 4.08. The minimum absolute atomic E-state index is 0.285. The molecule has 0 heterocycles. The molecule has 2 N–H and O–H groups in total. The van der Waals surface area contributed by atoms with Gasteiger partial charge in [-0.3, -0.25) is 0 Å². The van der Waals surface area contributed by atoms with Gasteiger partial charge in [-0.05, 0) is 51.1 Å². The van der Waals surface area contributed by atoms with Gasteiger partial charge in [-0.2, -0.15) is 0 Å². The first kappa shape index (κ1) is 15.4. The lowest BCUT2D eigenvalue weighted by molar-refractivity contribution is 0.0488. The van der Waals surface area contributed by atoms with Gasteiger partial charge in [0.25, 0.3) is 0 Å². The third-order valence-corrected chi connectivity index (χ3v) is 4.77. The molecule has 1 aliphatic rings. The number of rotatable bonds is 3. The molecule has 0 radical (unpaired) electrons. The van der Waals surface area contributed by atoms with Gasteiger partial charge in [0.1, 0.15) is 11.6 Å². The molecule has 1 fully saturated rings. The Labute approximate surface area is 120 Å². The zero-order valence-corrected chi connectivity index (χ0v) is 12.5. The summed E-state index contributed by atoms with van der Waals surface area (Å²) in [5.41, 5.74) is 6.37. The average Bonchev–Trinajstić information content (AvgIpc) is 2.40. The van der Waals surface area contributed by atoms with Crippen LogP contribution in [0.15, 0.2) is 18.2 Å². The van der Waals surface area contributed by atoms with Crippen molar-refractivity contribution in [2.24, 2.45) is 11.7 Å². The number of nitrogens with two attached hydrogens (primary N) is 1. The fraction of sp³-hybridized carbons (Fsp3) is 0.625. The third kappa shape index (κ3) is 2.72. The molecule has 3 unspecified atom stereocenters. The van der Waals surface area contributed by atoms with E-state index in [4.69, 9.17) is 5.73 Å². The maximum atomic E-state index is 14.0. The molecule has 0 aliphatic heterocycles. The van der Waals surface area contributed by atoms with Gasteiger partial charge in [0.05, 0.1) is 6.04 Å². The summed E-state index contributed by atoms with van der Waals surface area (Å²) >= 11 is 0. The standard InChI is InChI=1S/C16H24F2N2/c1-11-5-4-8-16(10-11,20(2)3)15(19)13-9-12(17)6-7-14(13)18/h6-7,9,11,15H,4-5,8,10,19H2,1-3H3. The minimum atomic E-state index is -0.518. The topological polar surface area (TPSA) is 29.3 Å². The van der Waals surface area contributed by atoms with Gasteiger partial charge in [-0.25, -0.2) is 8.78 Å². The maximum Gasteiger partial charge on any atom is 0.128 e. The Morgan fingerprint density at radius 3 is 2.65 bits per heavy atom. The molecule has 1 aliphatic carbocycles. The molecule has 1 aromatic rings. The lowest BCUT2D eigenvalue weighted by Crippen LogP contribution is -2.55. The first-order valence-corrected chi connectivity index (χ1v) is 7.25. The molecule has 0 amide bonds. The van der Waals surface area contributed by atoms with E-state index < -0.39 is 17.7 Å². The zero-order chi connectivity index (χ0) is 14.9. The summed E-state index contributed by atoms with van der Waals surface area (Å²) in [7, 11) is 3.96. The van der Waals surface area contributed by atoms with Crippen LogP contribution in [0, 0.1) is 17.6 Å². The SMILES string of the molecule is CC1CCCC(C(N)c2cc(F)ccc2F)(N(C)C)C1. The first-order chi connectivity index (χ1) is 9.36. The van der Waals surface area contributed by atoms with Crippen molar-refractivity contribution in [2.45, 2.75) is 44.2 Å². The van der Waals surface area contributed by atoms with E-state index in [9.17, 15) is 8.78 Å². The van der Waals surface area contributed by atoms with Crippen LogP contribution in [0.1, 0.15) is 44.2 Å². The molecule has 20 heavy (non-hydrogen) atoms. The number of halogens is 2. The van der Waals surface area contributed by atoms with Gasteiger partial charge < -0.3 is 10.6 Å². The second kappa shape index (κ2) is 5.78. The van der Waals surface area contributed by atoms with E-state index in [1.54, 1.807) is 0 Å². The highest BCUT2D eigenvalue weighted by atomic mass is 19.1. The van der Waals surface area contributed by atoms with Crippen molar-refractivity contribution in [3.05, 3.63) is 35.4 Å². The van der Waals surface area contributed by atoms with Crippen molar-refractivity contribution in [1.82, 2.24) is 4.90 Å². The highest BCUT2D eigenvalue weighted by Gasteiger charge is 2.43. The third-order valence-electron chi connectivity index (χ3n) is 4.77. The molecule has 0 spiro atoms. The largest absolute Gasteiger partial charge is 0.322 e. The predicted octanol–water partition coefficient (Wildman–Crippen LogP) is 3.48. The van der Waals surface area contributed by atoms with Crippen LogP contribution in [0.2, 0.25) is 0 Å². The number of hydrogen-bond acceptors (Lipinski definition) is 2. The van der Waals surface area contributed by atoms with Crippen LogP contribution in [0.3, 0.4) is 0 Å². The molecule has 0 saturated heterocycles. The normalized spacial score (nSPS) is 28.6. The fourth-order valence-electron chi connectivity index (χ4n) is 3.57. The van der Waals surface area contributed by atoms with E-state index >= 15 is 0 Å². The smallest absolute Gasteiger partial charge is 0.128 e. The van der Waals surface area contributed by atoms with Crippen molar-refractivity contribution in [3.8, 4) is 0 Å². The summed E-state index contributed by atoms with van der Waals surface area (Å²) in [5.74, 6) is -0.304. The second-order valence-electron chi connectivity index (χ2n) is 6.34. The molecule has 4 heteroatoms. The highest BCUT2D eigenvalue weighted by Crippen LogP contribution is 2.43. The molecule has 3 atom stereocenters. The predicted molar refractivity (Wildman–Crippen MR) is 77.3 cm³/mol. The van der Waals surface area contributed by atoms with E-state index in [0.717, 1.165) is 25.3 Å². The van der Waals surface area contributed by atoms with E-state index in [0.29, 0.717) is 5.92 Å². The van der Waals surface area contributed by atoms with Crippen molar-refractivity contribution in [1.29, 1.82) is 0 Å². The molecule has 1 aromatic carbocycles. The van der Waals surface area contributed by atoms with Gasteiger partial charge in [-0.1, -0.05) is 19.8 Å². The Hall–Kier alpha value is -1.00. The molecule has 112 valence electrons. The van der Waals surface area contributed by atoms with Crippen molar-refractivity contribution < 1.29 is 8.78 Å². The average molecular weight is 282 g/mol. The Kier molecular flexibility index (Phi) is 4.45. The first-order valence-electron chi connectivity index (χ1n) is 7.25. The van der Waals surface area contributed by atoms with Crippen LogP contribution in [0.4, 0.5) is 8.78 Å². The number of likely N-dealkylation sites (N-methyl/N-ethyl adjacent to an activating group) is 1. The van der Waals surface area contributed by atoms with Gasteiger partial charge in [0.2, 0.25) is 0 Å². The van der Waals surface area contributed by atoms with E-state index in [2.05, 4.69) is 11.8 Å². The summed E-state index contributed by atoms with van der Waals surface area (Å²) in [4.78, 5) is 2.09. The van der Waals surface area contributed by atoms with Crippen LogP contribution < -0.4 is 5.73 Å². The summed E-state index contributed by atoms with van der Waals surface area (Å²) in [6.45, 7) is 2.20. The molecular weight excluding hydrogens is 258 g/mol. The van der Waals surface area contributed by atoms with Gasteiger partial charge in [0, 0.05) is 11.1 Å². The minimum Gasteiger partial charge on any atom is -0.322 e. The Bertz CT molecular complexity index is 476. The fourth-order valence-corrected chi connectivity index (χ4v) is 3.57. The molecule has 2 nitrogen and oxygen atoms in total. The zero-order valence-electron chi connectivity index (χ0n) is 12.5. The number of benzene rings is 1. The Morgan fingerprint density at radius 2 is 2.05 bits per heavy atom. The summed E-state index contributed by atoms with van der Waals surface area (Å²) in [6, 6.07) is 3.03. The van der Waals surface area contributed by atoms with Gasteiger partial charge in [0.15, 0.2) is 0 Å². The van der Waals surface area contributed by atoms with E-state index in [1.165, 1.54) is 18.6 Å². The Balaban J connectivity index is 2.41. The molecular formula is C16H24F2N2. The van der Waals surface area contributed by atoms with Gasteiger partial charge >= 0.3 is 0 Å². The highest BCUT2D eigenvalue weighted by molar-refractivity contribution is 5.26. The summed E-state index contributed by atoms with van der Waals surface area (Å²) in [5, 5.41) is 0. The maximum absolute atomic E-state index is 14.0. The van der Waals surface area contributed by atoms with Crippen LogP contribution in [-0.2, 0) is 0 Å². The summed E-state index contributed by atoms with van der Waals surface area (Å²) < 4.78 is 27.5. The van der Waals surface area contributed by atoms with Gasteiger partial charge in [-0.15, -0.1) is 0 Å². The number of hydrogen-bond donors (Lipinski definition) is 1. The lowest BCUT2D eigenvalue weighted by atomic mass is 9.70. The quantitative estimate of drug-likeness (QED) is 0.919. The molecule has 2 rings (SSSR count). The van der Waals surface area contributed by atoms with Crippen molar-refractivity contribution in [3.63, 3.8) is 0 Å². The van der Waals surface area contributed by atoms with Crippen LogP contribution >= 0.6 is 0 Å². The van der Waals surface area contributed by atoms with Crippen molar-refractivity contribution >= 4 is 0 Å². The van der Waals surface area contributed by atoms with Crippen LogP contribution in [-0.4, -0.2) is 24.5 Å². The van der Waals surface area contributed by atoms with Crippen LogP contribution in [0.5, 0.6) is 0 Å².